The third-order valence-electron chi connectivity index (χ3n) is 2.42. The molecule has 1 aromatic rings. The Bertz CT molecular complexity index is 346. The van der Waals surface area contributed by atoms with E-state index in [1.165, 1.54) is 5.56 Å². The van der Waals surface area contributed by atoms with Crippen molar-refractivity contribution in [2.45, 2.75) is 13.1 Å². The molecule has 0 radical (unpaired) electrons. The Kier molecular flexibility index (Phi) is 2.41. The summed E-state index contributed by atoms with van der Waals surface area (Å²) in [6.45, 7) is 2.02. The minimum Gasteiger partial charge on any atom is -0.390 e. The zero-order chi connectivity index (χ0) is 9.97. The van der Waals surface area contributed by atoms with Crippen molar-refractivity contribution in [2.24, 2.45) is 0 Å². The molecule has 0 aliphatic carbocycles. The molecule has 0 saturated heterocycles. The lowest BCUT2D eigenvalue weighted by atomic mass is 10.2. The smallest absolute Gasteiger partial charge is 0.123 e. The Hall–Kier alpha value is -1.48. The predicted octanol–water partition coefficient (Wildman–Crippen LogP) is 1.10. The minimum absolute atomic E-state index is 0.0577. The Morgan fingerprint density at radius 3 is 2.50 bits per heavy atom. The molecule has 0 amide bonds. The van der Waals surface area contributed by atoms with E-state index in [0.29, 0.717) is 0 Å². The summed E-state index contributed by atoms with van der Waals surface area (Å²) < 4.78 is 0. The van der Waals surface area contributed by atoms with E-state index in [4.69, 9.17) is 5.11 Å². The fraction of sp³-hybridized carbons (Fsp3) is 0.273. The van der Waals surface area contributed by atoms with Crippen LogP contribution in [0.15, 0.2) is 41.7 Å². The first-order chi connectivity index (χ1) is 6.81. The Labute approximate surface area is 83.5 Å². The van der Waals surface area contributed by atoms with Crippen molar-refractivity contribution in [2.75, 3.05) is 6.61 Å². The molecule has 3 nitrogen and oxygen atoms in total. The summed E-state index contributed by atoms with van der Waals surface area (Å²) in [7, 11) is 0. The quantitative estimate of drug-likeness (QED) is 0.654. The molecule has 2 rings (SSSR count). The van der Waals surface area contributed by atoms with E-state index in [-0.39, 0.29) is 12.8 Å². The van der Waals surface area contributed by atoms with Crippen LogP contribution in [0.4, 0.5) is 0 Å². The molecule has 1 atom stereocenters. The van der Waals surface area contributed by atoms with Crippen molar-refractivity contribution in [3.8, 4) is 0 Å². The lowest BCUT2D eigenvalue weighted by Crippen LogP contribution is -2.23. The number of hydrogen-bond donors (Lipinski definition) is 3. The Morgan fingerprint density at radius 2 is 1.93 bits per heavy atom. The predicted molar refractivity (Wildman–Crippen MR) is 55.2 cm³/mol. The summed E-state index contributed by atoms with van der Waals surface area (Å²) in [6, 6.07) is 10.1. The van der Waals surface area contributed by atoms with E-state index in [1.807, 2.05) is 25.1 Å². The summed E-state index contributed by atoms with van der Waals surface area (Å²) in [5.41, 5.74) is 3.07. The van der Waals surface area contributed by atoms with E-state index < -0.39 is 0 Å². The van der Waals surface area contributed by atoms with Crippen molar-refractivity contribution >= 4 is 0 Å². The molecule has 74 valence electrons. The van der Waals surface area contributed by atoms with Gasteiger partial charge in [-0.2, -0.15) is 0 Å². The fourth-order valence-electron chi connectivity index (χ4n) is 1.60. The second kappa shape index (κ2) is 3.72. The van der Waals surface area contributed by atoms with Gasteiger partial charge in [0.2, 0.25) is 0 Å². The first-order valence-corrected chi connectivity index (χ1v) is 4.70. The van der Waals surface area contributed by atoms with Gasteiger partial charge < -0.3 is 15.7 Å². The van der Waals surface area contributed by atoms with Crippen LogP contribution in [-0.2, 0) is 0 Å². The van der Waals surface area contributed by atoms with Gasteiger partial charge in [-0.1, -0.05) is 30.3 Å². The highest BCUT2D eigenvalue weighted by molar-refractivity contribution is 5.26. The van der Waals surface area contributed by atoms with Gasteiger partial charge in [-0.05, 0) is 12.5 Å². The maximum absolute atomic E-state index is 9.04. The third kappa shape index (κ3) is 1.59. The maximum Gasteiger partial charge on any atom is 0.123 e. The highest BCUT2D eigenvalue weighted by Crippen LogP contribution is 2.19. The highest BCUT2D eigenvalue weighted by atomic mass is 16.3. The molecule has 3 heteroatoms. The Morgan fingerprint density at radius 1 is 1.21 bits per heavy atom. The van der Waals surface area contributed by atoms with E-state index in [9.17, 15) is 0 Å². The number of hydrogen-bond acceptors (Lipinski definition) is 3. The van der Waals surface area contributed by atoms with Crippen LogP contribution in [0.1, 0.15) is 18.7 Å². The minimum atomic E-state index is 0.0577. The molecular weight excluding hydrogens is 176 g/mol. The summed E-state index contributed by atoms with van der Waals surface area (Å²) in [5, 5.41) is 15.5. The van der Waals surface area contributed by atoms with Crippen LogP contribution in [0.2, 0.25) is 0 Å². The molecule has 0 saturated carbocycles. The number of nitrogens with one attached hydrogen (secondary N) is 2. The summed E-state index contributed by atoms with van der Waals surface area (Å²) in [6.07, 6.45) is 0.0957. The lowest BCUT2D eigenvalue weighted by molar-refractivity contribution is 0.320. The first kappa shape index (κ1) is 9.09. The van der Waals surface area contributed by atoms with Crippen LogP contribution in [-0.4, -0.2) is 11.7 Å². The van der Waals surface area contributed by atoms with Gasteiger partial charge in [0.1, 0.15) is 6.17 Å². The van der Waals surface area contributed by atoms with Gasteiger partial charge in [0.15, 0.2) is 0 Å². The van der Waals surface area contributed by atoms with Gasteiger partial charge >= 0.3 is 0 Å². The normalized spacial score (nSPS) is 20.6. The van der Waals surface area contributed by atoms with Crippen LogP contribution in [0.25, 0.3) is 0 Å². The van der Waals surface area contributed by atoms with E-state index in [1.54, 1.807) is 0 Å². The zero-order valence-electron chi connectivity index (χ0n) is 8.12. The maximum atomic E-state index is 9.04. The summed E-state index contributed by atoms with van der Waals surface area (Å²) in [5.74, 6) is 0. The first-order valence-electron chi connectivity index (χ1n) is 4.70. The second-order valence-electron chi connectivity index (χ2n) is 3.39. The molecule has 0 fully saturated rings. The van der Waals surface area contributed by atoms with Crippen LogP contribution in [0.3, 0.4) is 0 Å². The average molecular weight is 190 g/mol. The molecule has 1 heterocycles. The molecule has 1 aliphatic rings. The number of aliphatic hydroxyl groups is 1. The van der Waals surface area contributed by atoms with Crippen molar-refractivity contribution in [1.82, 2.24) is 10.6 Å². The van der Waals surface area contributed by atoms with Gasteiger partial charge in [0, 0.05) is 5.70 Å². The molecule has 1 aromatic carbocycles. The largest absolute Gasteiger partial charge is 0.390 e. The molecule has 14 heavy (non-hydrogen) atoms. The number of benzene rings is 1. The van der Waals surface area contributed by atoms with E-state index >= 15 is 0 Å². The van der Waals surface area contributed by atoms with Crippen molar-refractivity contribution in [3.05, 3.63) is 47.3 Å². The van der Waals surface area contributed by atoms with Crippen LogP contribution < -0.4 is 10.6 Å². The SMILES string of the molecule is CC1=C(CO)NC(c2ccccc2)N1. The molecule has 0 aromatic heterocycles. The van der Waals surface area contributed by atoms with Gasteiger partial charge in [-0.25, -0.2) is 0 Å². The molecule has 3 N–H and O–H groups in total. The number of aliphatic hydroxyl groups excluding tert-OH is 1. The Balaban J connectivity index is 2.13. The van der Waals surface area contributed by atoms with E-state index in [0.717, 1.165) is 11.4 Å². The standard InChI is InChI=1S/C11H14N2O/c1-8-10(7-14)13-11(12-8)9-5-3-2-4-6-9/h2-6,11-14H,7H2,1H3. The van der Waals surface area contributed by atoms with Crippen LogP contribution >= 0.6 is 0 Å². The fourth-order valence-corrected chi connectivity index (χ4v) is 1.60. The van der Waals surface area contributed by atoms with Gasteiger partial charge in [0.05, 0.1) is 12.3 Å². The van der Waals surface area contributed by atoms with Gasteiger partial charge in [0.25, 0.3) is 0 Å². The van der Waals surface area contributed by atoms with Crippen LogP contribution in [0, 0.1) is 0 Å². The molecular formula is C11H14N2O. The highest BCUT2D eigenvalue weighted by Gasteiger charge is 2.19. The number of rotatable bonds is 2. The van der Waals surface area contributed by atoms with Crippen molar-refractivity contribution in [1.29, 1.82) is 0 Å². The summed E-state index contributed by atoms with van der Waals surface area (Å²) in [4.78, 5) is 0. The second-order valence-corrected chi connectivity index (χ2v) is 3.39. The van der Waals surface area contributed by atoms with Gasteiger partial charge in [-0.15, -0.1) is 0 Å². The molecule has 1 unspecified atom stereocenters. The monoisotopic (exact) mass is 190 g/mol. The third-order valence-corrected chi connectivity index (χ3v) is 2.42. The molecule has 0 spiro atoms. The summed E-state index contributed by atoms with van der Waals surface area (Å²) >= 11 is 0. The lowest BCUT2D eigenvalue weighted by Gasteiger charge is -2.13. The average Bonchev–Trinajstić information content (AvgIpc) is 2.61. The number of allylic oxidation sites excluding steroid dienone is 1. The van der Waals surface area contributed by atoms with Gasteiger partial charge in [-0.3, -0.25) is 0 Å². The van der Waals surface area contributed by atoms with E-state index in [2.05, 4.69) is 22.8 Å². The zero-order valence-corrected chi connectivity index (χ0v) is 8.12. The molecule has 1 aliphatic heterocycles. The van der Waals surface area contributed by atoms with Crippen LogP contribution in [0.5, 0.6) is 0 Å². The molecule has 0 bridgehead atoms. The van der Waals surface area contributed by atoms with Crippen molar-refractivity contribution < 1.29 is 5.11 Å². The van der Waals surface area contributed by atoms with Crippen molar-refractivity contribution in [3.63, 3.8) is 0 Å². The topological polar surface area (TPSA) is 44.3 Å².